The van der Waals surface area contributed by atoms with E-state index in [1.54, 1.807) is 19.9 Å². The van der Waals surface area contributed by atoms with Crippen LogP contribution >= 0.6 is 15.9 Å². The third-order valence-electron chi connectivity index (χ3n) is 2.81. The van der Waals surface area contributed by atoms with Gasteiger partial charge in [0, 0.05) is 22.5 Å². The van der Waals surface area contributed by atoms with E-state index in [1.165, 1.54) is 6.07 Å². The van der Waals surface area contributed by atoms with Gasteiger partial charge in [0.1, 0.15) is 11.5 Å². The minimum Gasteiger partial charge on any atom is -0.465 e. The number of carboxylic acid groups (broad SMARTS) is 1. The summed E-state index contributed by atoms with van der Waals surface area (Å²) in [5, 5.41) is 16.6. The highest BCUT2D eigenvalue weighted by atomic mass is 79.9. The maximum atomic E-state index is 14.2. The molecule has 0 aromatic heterocycles. The Kier molecular flexibility index (Phi) is 6.37. The van der Waals surface area contributed by atoms with Gasteiger partial charge in [0.2, 0.25) is 5.91 Å². The number of benzene rings is 1. The maximum Gasteiger partial charge on any atom is 0.405 e. The second-order valence-corrected chi connectivity index (χ2v) is 7.06. The molecule has 128 valence electrons. The van der Waals surface area contributed by atoms with E-state index in [-0.39, 0.29) is 18.2 Å². The van der Waals surface area contributed by atoms with Crippen LogP contribution in [0.2, 0.25) is 0 Å². The predicted molar refractivity (Wildman–Crippen MR) is 91.3 cm³/mol. The predicted octanol–water partition coefficient (Wildman–Crippen LogP) is 3.78. The summed E-state index contributed by atoms with van der Waals surface area (Å²) in [6.07, 6.45) is -1.35. The minimum absolute atomic E-state index is 0.0398. The molecule has 0 fully saturated rings. The van der Waals surface area contributed by atoms with E-state index in [0.29, 0.717) is 10.2 Å². The van der Waals surface area contributed by atoms with Gasteiger partial charge in [-0.05, 0) is 39.8 Å². The standard InChI is InChI=1S/C15H21BrFN3O3/c1-8(2)18-11-6-9(16)5-10(17)13(11)19-12(21)7-15(3,4)20-14(22)23/h5-6,8,18,20H,7H2,1-4H3,(H,19,21)(H,22,23). The number of anilines is 2. The van der Waals surface area contributed by atoms with Crippen LogP contribution in [0.3, 0.4) is 0 Å². The van der Waals surface area contributed by atoms with Gasteiger partial charge in [0.25, 0.3) is 0 Å². The molecule has 4 N–H and O–H groups in total. The van der Waals surface area contributed by atoms with E-state index in [4.69, 9.17) is 5.11 Å². The zero-order valence-corrected chi connectivity index (χ0v) is 15.0. The lowest BCUT2D eigenvalue weighted by Gasteiger charge is -2.24. The van der Waals surface area contributed by atoms with Crippen molar-refractivity contribution in [2.24, 2.45) is 0 Å². The summed E-state index contributed by atoms with van der Waals surface area (Å²) in [4.78, 5) is 22.8. The average molecular weight is 390 g/mol. The number of hydrogen-bond donors (Lipinski definition) is 4. The first-order valence-corrected chi connectivity index (χ1v) is 7.86. The van der Waals surface area contributed by atoms with Crippen molar-refractivity contribution >= 4 is 39.3 Å². The van der Waals surface area contributed by atoms with E-state index in [9.17, 15) is 14.0 Å². The zero-order valence-electron chi connectivity index (χ0n) is 13.5. The molecule has 8 heteroatoms. The van der Waals surface area contributed by atoms with Crippen LogP contribution in [0.15, 0.2) is 16.6 Å². The van der Waals surface area contributed by atoms with Crippen LogP contribution < -0.4 is 16.0 Å². The molecule has 0 atom stereocenters. The molecule has 1 aromatic carbocycles. The van der Waals surface area contributed by atoms with Crippen molar-refractivity contribution < 1.29 is 19.1 Å². The van der Waals surface area contributed by atoms with Crippen molar-refractivity contribution in [3.63, 3.8) is 0 Å². The maximum absolute atomic E-state index is 14.2. The van der Waals surface area contributed by atoms with Crippen LogP contribution in [-0.2, 0) is 4.79 Å². The third-order valence-corrected chi connectivity index (χ3v) is 3.27. The molecule has 6 nitrogen and oxygen atoms in total. The van der Waals surface area contributed by atoms with Crippen LogP contribution in [0.5, 0.6) is 0 Å². The molecule has 23 heavy (non-hydrogen) atoms. The second-order valence-electron chi connectivity index (χ2n) is 6.15. The molecule has 0 bridgehead atoms. The topological polar surface area (TPSA) is 90.5 Å². The van der Waals surface area contributed by atoms with Crippen molar-refractivity contribution in [1.82, 2.24) is 5.32 Å². The first-order chi connectivity index (χ1) is 10.5. The largest absolute Gasteiger partial charge is 0.465 e. The Hall–Kier alpha value is -1.83. The number of hydrogen-bond acceptors (Lipinski definition) is 3. The third kappa shape index (κ3) is 6.43. The van der Waals surface area contributed by atoms with E-state index in [1.807, 2.05) is 13.8 Å². The van der Waals surface area contributed by atoms with E-state index in [2.05, 4.69) is 31.9 Å². The summed E-state index contributed by atoms with van der Waals surface area (Å²) in [7, 11) is 0. The lowest BCUT2D eigenvalue weighted by Crippen LogP contribution is -2.45. The Bertz CT molecular complexity index is 606. The fourth-order valence-electron chi connectivity index (χ4n) is 2.04. The lowest BCUT2D eigenvalue weighted by molar-refractivity contribution is -0.117. The van der Waals surface area contributed by atoms with Crippen molar-refractivity contribution in [1.29, 1.82) is 0 Å². The smallest absolute Gasteiger partial charge is 0.405 e. The molecule has 0 heterocycles. The summed E-state index contributed by atoms with van der Waals surface area (Å²) < 4.78 is 14.7. The molecule has 1 aromatic rings. The Balaban J connectivity index is 2.95. The Morgan fingerprint density at radius 3 is 2.48 bits per heavy atom. The van der Waals surface area contributed by atoms with E-state index >= 15 is 0 Å². The fraction of sp³-hybridized carbons (Fsp3) is 0.467. The summed E-state index contributed by atoms with van der Waals surface area (Å²) in [6, 6.07) is 2.96. The first-order valence-electron chi connectivity index (χ1n) is 7.07. The van der Waals surface area contributed by atoms with Crippen LogP contribution in [-0.4, -0.2) is 28.7 Å². The van der Waals surface area contributed by atoms with Crippen molar-refractivity contribution in [3.05, 3.63) is 22.4 Å². The molecular weight excluding hydrogens is 369 g/mol. The summed E-state index contributed by atoms with van der Waals surface area (Å²) >= 11 is 3.21. The highest BCUT2D eigenvalue weighted by molar-refractivity contribution is 9.10. The van der Waals surface area contributed by atoms with Gasteiger partial charge in [0.15, 0.2) is 0 Å². The molecule has 0 saturated heterocycles. The lowest BCUT2D eigenvalue weighted by atomic mass is 10.0. The van der Waals surface area contributed by atoms with E-state index in [0.717, 1.165) is 0 Å². The molecule has 2 amide bonds. The van der Waals surface area contributed by atoms with Crippen molar-refractivity contribution in [2.45, 2.75) is 45.7 Å². The molecule has 0 saturated carbocycles. The second kappa shape index (κ2) is 7.63. The molecule has 0 radical (unpaired) electrons. The van der Waals surface area contributed by atoms with Crippen LogP contribution in [0.4, 0.5) is 20.6 Å². The molecule has 0 unspecified atom stereocenters. The number of rotatable bonds is 6. The van der Waals surface area contributed by atoms with Gasteiger partial charge in [-0.1, -0.05) is 15.9 Å². The van der Waals surface area contributed by atoms with Gasteiger partial charge < -0.3 is 21.1 Å². The first kappa shape index (κ1) is 19.2. The van der Waals surface area contributed by atoms with Crippen LogP contribution in [0.1, 0.15) is 34.1 Å². The van der Waals surface area contributed by atoms with Gasteiger partial charge >= 0.3 is 6.09 Å². The Morgan fingerprint density at radius 1 is 1.35 bits per heavy atom. The monoisotopic (exact) mass is 389 g/mol. The van der Waals surface area contributed by atoms with Crippen LogP contribution in [0, 0.1) is 5.82 Å². The minimum atomic E-state index is -1.22. The van der Waals surface area contributed by atoms with Crippen molar-refractivity contribution in [2.75, 3.05) is 10.6 Å². The van der Waals surface area contributed by atoms with Gasteiger partial charge in [-0.2, -0.15) is 0 Å². The SMILES string of the molecule is CC(C)Nc1cc(Br)cc(F)c1NC(=O)CC(C)(C)NC(=O)O. The molecule has 0 spiro atoms. The number of carbonyl (C=O) groups is 2. The number of halogens is 2. The Labute approximate surface area is 143 Å². The van der Waals surface area contributed by atoms with E-state index < -0.39 is 23.4 Å². The molecular formula is C15H21BrFN3O3. The fourth-order valence-corrected chi connectivity index (χ4v) is 2.47. The van der Waals surface area contributed by atoms with Gasteiger partial charge in [-0.15, -0.1) is 0 Å². The van der Waals surface area contributed by atoms with Crippen LogP contribution in [0.25, 0.3) is 0 Å². The van der Waals surface area contributed by atoms with Gasteiger partial charge in [-0.3, -0.25) is 4.79 Å². The number of carbonyl (C=O) groups excluding carboxylic acids is 1. The quantitative estimate of drug-likeness (QED) is 0.595. The zero-order chi connectivity index (χ0) is 17.8. The summed E-state index contributed by atoms with van der Waals surface area (Å²) in [5.74, 6) is -1.07. The number of amides is 2. The van der Waals surface area contributed by atoms with Crippen molar-refractivity contribution in [3.8, 4) is 0 Å². The van der Waals surface area contributed by atoms with Gasteiger partial charge in [0.05, 0.1) is 5.69 Å². The average Bonchev–Trinajstić information content (AvgIpc) is 2.30. The highest BCUT2D eigenvalue weighted by Gasteiger charge is 2.25. The van der Waals surface area contributed by atoms with Gasteiger partial charge in [-0.25, -0.2) is 9.18 Å². The normalized spacial score (nSPS) is 11.3. The molecule has 0 aliphatic carbocycles. The molecule has 1 rings (SSSR count). The Morgan fingerprint density at radius 2 is 1.96 bits per heavy atom. The highest BCUT2D eigenvalue weighted by Crippen LogP contribution is 2.30. The molecule has 0 aliphatic rings. The summed E-state index contributed by atoms with van der Waals surface area (Å²) in [5.41, 5.74) is -0.477. The summed E-state index contributed by atoms with van der Waals surface area (Å²) in [6.45, 7) is 6.94. The molecule has 0 aliphatic heterocycles. The number of nitrogens with one attached hydrogen (secondary N) is 3.